The van der Waals surface area contributed by atoms with Gasteiger partial charge in [0.05, 0.1) is 11.6 Å². The standard InChI is InChI=1S/C18H25N5O2S/c19-16(24)13-5-4-6-21(11-13)12-14-15(20-18-23(14)9-10-26-18)17(25)22-7-2-1-3-8-22/h9-10,13H,1-8,11-12H2,(H2,19,24). The smallest absolute Gasteiger partial charge is 0.274 e. The number of fused-ring (bicyclic) bond motifs is 1. The van der Waals surface area contributed by atoms with Crippen molar-refractivity contribution in [2.24, 2.45) is 11.7 Å². The fraction of sp³-hybridized carbons (Fsp3) is 0.611. The normalized spacial score (nSPS) is 22.0. The van der Waals surface area contributed by atoms with E-state index in [-0.39, 0.29) is 17.7 Å². The zero-order valence-electron chi connectivity index (χ0n) is 14.9. The molecule has 7 nitrogen and oxygen atoms in total. The Morgan fingerprint density at radius 3 is 2.77 bits per heavy atom. The van der Waals surface area contributed by atoms with E-state index in [1.54, 1.807) is 11.3 Å². The van der Waals surface area contributed by atoms with E-state index in [0.29, 0.717) is 18.8 Å². The van der Waals surface area contributed by atoms with Gasteiger partial charge < -0.3 is 10.6 Å². The van der Waals surface area contributed by atoms with Gasteiger partial charge in [-0.2, -0.15) is 0 Å². The first-order chi connectivity index (χ1) is 12.6. The van der Waals surface area contributed by atoms with Crippen LogP contribution in [0.2, 0.25) is 0 Å². The Labute approximate surface area is 156 Å². The molecule has 26 heavy (non-hydrogen) atoms. The highest BCUT2D eigenvalue weighted by atomic mass is 32.1. The third kappa shape index (κ3) is 3.35. The first-order valence-corrected chi connectivity index (χ1v) is 10.3. The van der Waals surface area contributed by atoms with Crippen LogP contribution in [-0.2, 0) is 11.3 Å². The summed E-state index contributed by atoms with van der Waals surface area (Å²) in [6, 6.07) is 0. The lowest BCUT2D eigenvalue weighted by atomic mass is 9.97. The number of hydrogen-bond donors (Lipinski definition) is 1. The van der Waals surface area contributed by atoms with Crippen LogP contribution in [0.1, 0.15) is 48.3 Å². The zero-order valence-corrected chi connectivity index (χ0v) is 15.7. The fourth-order valence-corrected chi connectivity index (χ4v) is 4.78. The summed E-state index contributed by atoms with van der Waals surface area (Å²) in [7, 11) is 0. The topological polar surface area (TPSA) is 83.9 Å². The number of rotatable bonds is 4. The fourth-order valence-electron chi connectivity index (χ4n) is 4.04. The number of hydrogen-bond acceptors (Lipinski definition) is 5. The molecule has 0 bridgehead atoms. The highest BCUT2D eigenvalue weighted by molar-refractivity contribution is 7.15. The molecule has 0 saturated carbocycles. The third-order valence-corrected chi connectivity index (χ3v) is 6.24. The molecule has 2 fully saturated rings. The summed E-state index contributed by atoms with van der Waals surface area (Å²) >= 11 is 1.54. The Bertz CT molecular complexity index is 808. The number of piperidine rings is 2. The average Bonchev–Trinajstić information content (AvgIpc) is 3.25. The molecule has 0 radical (unpaired) electrons. The molecule has 0 aliphatic carbocycles. The van der Waals surface area contributed by atoms with Crippen molar-refractivity contribution in [1.82, 2.24) is 19.2 Å². The van der Waals surface area contributed by atoms with E-state index in [9.17, 15) is 9.59 Å². The molecule has 2 aromatic rings. The maximum absolute atomic E-state index is 13.1. The molecule has 2 amide bonds. The van der Waals surface area contributed by atoms with Crippen LogP contribution in [-0.4, -0.2) is 57.2 Å². The van der Waals surface area contributed by atoms with Crippen molar-refractivity contribution in [2.75, 3.05) is 26.2 Å². The van der Waals surface area contributed by atoms with Crippen LogP contribution in [0.15, 0.2) is 11.6 Å². The summed E-state index contributed by atoms with van der Waals surface area (Å²) in [5.74, 6) is -0.289. The van der Waals surface area contributed by atoms with Gasteiger partial charge in [-0.05, 0) is 38.6 Å². The molecule has 2 aliphatic rings. The van der Waals surface area contributed by atoms with Gasteiger partial charge in [-0.25, -0.2) is 4.98 Å². The third-order valence-electron chi connectivity index (χ3n) is 5.49. The van der Waals surface area contributed by atoms with Gasteiger partial charge in [-0.1, -0.05) is 0 Å². The first-order valence-electron chi connectivity index (χ1n) is 9.39. The number of nitrogens with zero attached hydrogens (tertiary/aromatic N) is 4. The molecular weight excluding hydrogens is 350 g/mol. The van der Waals surface area contributed by atoms with Crippen LogP contribution in [0.3, 0.4) is 0 Å². The van der Waals surface area contributed by atoms with Crippen molar-refractivity contribution in [3.8, 4) is 0 Å². The molecule has 0 aromatic carbocycles. The number of imidazole rings is 1. The van der Waals surface area contributed by atoms with E-state index in [0.717, 1.165) is 56.0 Å². The van der Waals surface area contributed by atoms with Crippen molar-refractivity contribution in [1.29, 1.82) is 0 Å². The molecule has 2 saturated heterocycles. The van der Waals surface area contributed by atoms with Gasteiger partial charge in [0.25, 0.3) is 5.91 Å². The Kier molecular flexibility index (Phi) is 4.95. The van der Waals surface area contributed by atoms with Crippen LogP contribution < -0.4 is 5.73 Å². The van der Waals surface area contributed by atoms with Gasteiger partial charge >= 0.3 is 0 Å². The number of aromatic nitrogens is 2. The maximum atomic E-state index is 13.1. The van der Waals surface area contributed by atoms with E-state index >= 15 is 0 Å². The minimum Gasteiger partial charge on any atom is -0.369 e. The molecule has 8 heteroatoms. The van der Waals surface area contributed by atoms with E-state index < -0.39 is 0 Å². The van der Waals surface area contributed by atoms with Gasteiger partial charge in [-0.3, -0.25) is 18.9 Å². The van der Waals surface area contributed by atoms with Crippen molar-refractivity contribution < 1.29 is 9.59 Å². The maximum Gasteiger partial charge on any atom is 0.274 e. The van der Waals surface area contributed by atoms with Crippen LogP contribution in [0.5, 0.6) is 0 Å². The molecule has 1 unspecified atom stereocenters. The average molecular weight is 375 g/mol. The predicted octanol–water partition coefficient (Wildman–Crippen LogP) is 1.72. The minimum atomic E-state index is -0.228. The number of likely N-dealkylation sites (tertiary alicyclic amines) is 2. The van der Waals surface area contributed by atoms with Gasteiger partial charge in [0.2, 0.25) is 5.91 Å². The number of thiazole rings is 1. The Morgan fingerprint density at radius 1 is 1.19 bits per heavy atom. The van der Waals surface area contributed by atoms with Gasteiger partial charge in [0.1, 0.15) is 0 Å². The summed E-state index contributed by atoms with van der Waals surface area (Å²) < 4.78 is 2.02. The second kappa shape index (κ2) is 7.36. The summed E-state index contributed by atoms with van der Waals surface area (Å²) in [6.45, 7) is 3.83. The second-order valence-corrected chi connectivity index (χ2v) is 8.17. The van der Waals surface area contributed by atoms with Crippen LogP contribution in [0.25, 0.3) is 4.96 Å². The SMILES string of the molecule is NC(=O)C1CCCN(Cc2c(C(=O)N3CCCCC3)nc3sccn23)C1. The zero-order chi connectivity index (χ0) is 18.1. The molecule has 4 heterocycles. The lowest BCUT2D eigenvalue weighted by molar-refractivity contribution is -0.123. The molecule has 4 rings (SSSR count). The molecule has 2 aliphatic heterocycles. The number of carbonyl (C=O) groups is 2. The van der Waals surface area contributed by atoms with Gasteiger partial charge in [-0.15, -0.1) is 11.3 Å². The number of primary amides is 1. The van der Waals surface area contributed by atoms with Crippen LogP contribution in [0, 0.1) is 5.92 Å². The quantitative estimate of drug-likeness (QED) is 0.882. The highest BCUT2D eigenvalue weighted by Gasteiger charge is 2.29. The lowest BCUT2D eigenvalue weighted by Gasteiger charge is -2.31. The molecule has 1 atom stereocenters. The summed E-state index contributed by atoms with van der Waals surface area (Å²) in [5.41, 5.74) is 7.01. The number of carbonyl (C=O) groups excluding carboxylic acids is 2. The Morgan fingerprint density at radius 2 is 2.00 bits per heavy atom. The Balaban J connectivity index is 1.60. The lowest BCUT2D eigenvalue weighted by Crippen LogP contribution is -2.41. The van der Waals surface area contributed by atoms with E-state index in [1.807, 2.05) is 20.9 Å². The van der Waals surface area contributed by atoms with Crippen molar-refractivity contribution in [3.05, 3.63) is 23.0 Å². The number of amides is 2. The number of nitrogens with two attached hydrogens (primary N) is 1. The summed E-state index contributed by atoms with van der Waals surface area (Å²) in [4.78, 5) is 34.3. The first kappa shape index (κ1) is 17.5. The van der Waals surface area contributed by atoms with Crippen LogP contribution >= 0.6 is 11.3 Å². The molecular formula is C18H25N5O2S. The molecule has 140 valence electrons. The van der Waals surface area contributed by atoms with Crippen molar-refractivity contribution >= 4 is 28.1 Å². The summed E-state index contributed by atoms with van der Waals surface area (Å²) in [6.07, 6.45) is 7.10. The van der Waals surface area contributed by atoms with E-state index in [4.69, 9.17) is 5.73 Å². The van der Waals surface area contributed by atoms with Crippen molar-refractivity contribution in [2.45, 2.75) is 38.6 Å². The Hall–Kier alpha value is -1.93. The molecule has 2 aromatic heterocycles. The minimum absolute atomic E-state index is 0.0408. The largest absolute Gasteiger partial charge is 0.369 e. The van der Waals surface area contributed by atoms with Gasteiger partial charge in [0, 0.05) is 37.8 Å². The molecule has 2 N–H and O–H groups in total. The van der Waals surface area contributed by atoms with Crippen LogP contribution in [0.4, 0.5) is 0 Å². The van der Waals surface area contributed by atoms with Crippen molar-refractivity contribution in [3.63, 3.8) is 0 Å². The van der Waals surface area contributed by atoms with Gasteiger partial charge in [0.15, 0.2) is 10.7 Å². The molecule has 0 spiro atoms. The predicted molar refractivity (Wildman–Crippen MR) is 100 cm³/mol. The highest BCUT2D eigenvalue weighted by Crippen LogP contribution is 2.24. The van der Waals surface area contributed by atoms with E-state index in [2.05, 4.69) is 9.88 Å². The summed E-state index contributed by atoms with van der Waals surface area (Å²) in [5, 5.41) is 1.99. The second-order valence-electron chi connectivity index (χ2n) is 7.29. The van der Waals surface area contributed by atoms with E-state index in [1.165, 1.54) is 6.42 Å². The monoisotopic (exact) mass is 375 g/mol.